The molecule has 1 radical (unpaired) electrons. The average molecular weight is 269 g/mol. The van der Waals surface area contributed by atoms with Crippen LogP contribution in [-0.4, -0.2) is 29.5 Å². The van der Waals surface area contributed by atoms with Gasteiger partial charge in [-0.2, -0.15) is 42.5 Å². The Labute approximate surface area is 91.9 Å². The van der Waals surface area contributed by atoms with Gasteiger partial charge in [0.2, 0.25) is 0 Å². The second-order valence-corrected chi connectivity index (χ2v) is 3.82. The molecule has 0 aromatic heterocycles. The lowest BCUT2D eigenvalue weighted by Gasteiger charge is -2.25. The van der Waals surface area contributed by atoms with Crippen molar-refractivity contribution in [3.05, 3.63) is 19.1 Å². The zero-order valence-electron chi connectivity index (χ0n) is 7.83. The van der Waals surface area contributed by atoms with Gasteiger partial charge in [0, 0.05) is 5.75 Å². The van der Waals surface area contributed by atoms with Crippen molar-refractivity contribution >= 4 is 11.8 Å². The van der Waals surface area contributed by atoms with E-state index in [1.165, 1.54) is 0 Å². The number of hydrogen-bond donors (Lipinski definition) is 0. The number of halogens is 7. The summed E-state index contributed by atoms with van der Waals surface area (Å²) in [5.41, 5.74) is 0. The van der Waals surface area contributed by atoms with E-state index in [1.807, 2.05) is 0 Å². The van der Waals surface area contributed by atoms with Gasteiger partial charge in [-0.3, -0.25) is 0 Å². The first-order valence-corrected chi connectivity index (χ1v) is 5.09. The first-order valence-electron chi connectivity index (χ1n) is 3.93. The van der Waals surface area contributed by atoms with E-state index in [2.05, 4.69) is 6.92 Å². The van der Waals surface area contributed by atoms with E-state index < -0.39 is 24.1 Å². The van der Waals surface area contributed by atoms with Crippen molar-refractivity contribution in [3.8, 4) is 0 Å². The van der Waals surface area contributed by atoms with Gasteiger partial charge >= 0.3 is 18.0 Å². The number of thioether (sulfide) groups is 1. The van der Waals surface area contributed by atoms with Gasteiger partial charge in [0.1, 0.15) is 0 Å². The molecule has 0 aliphatic carbocycles. The van der Waals surface area contributed by atoms with E-state index in [0.717, 1.165) is 11.8 Å². The Balaban J connectivity index is 4.71. The van der Waals surface area contributed by atoms with Crippen LogP contribution >= 0.6 is 11.8 Å². The van der Waals surface area contributed by atoms with Crippen molar-refractivity contribution in [3.63, 3.8) is 0 Å². The van der Waals surface area contributed by atoms with E-state index in [1.54, 1.807) is 0 Å². The largest absolute Gasteiger partial charge is 0.460 e. The summed E-state index contributed by atoms with van der Waals surface area (Å²) in [4.78, 5) is 0. The predicted molar refractivity (Wildman–Crippen MR) is 47.8 cm³/mol. The molecule has 16 heavy (non-hydrogen) atoms. The molecule has 0 aromatic rings. The van der Waals surface area contributed by atoms with Crippen molar-refractivity contribution in [1.29, 1.82) is 0 Å². The monoisotopic (exact) mass is 269 g/mol. The molecule has 0 spiro atoms. The maximum Gasteiger partial charge on any atom is 0.460 e. The first-order chi connectivity index (χ1) is 7.06. The average Bonchev–Trinajstić information content (AvgIpc) is 2.10. The van der Waals surface area contributed by atoms with Crippen LogP contribution in [0.4, 0.5) is 30.7 Å². The normalized spacial score (nSPS) is 14.8. The predicted octanol–water partition coefficient (Wildman–Crippen LogP) is 3.94. The third-order valence-corrected chi connectivity index (χ3v) is 2.18. The van der Waals surface area contributed by atoms with E-state index in [-0.39, 0.29) is 5.75 Å². The minimum absolute atomic E-state index is 0.104. The van der Waals surface area contributed by atoms with Crippen LogP contribution in [0.5, 0.6) is 0 Å². The number of alkyl halides is 7. The Bertz CT molecular complexity index is 243. The summed E-state index contributed by atoms with van der Waals surface area (Å²) >= 11 is 1.01. The minimum Gasteiger partial charge on any atom is -0.195 e. The van der Waals surface area contributed by atoms with E-state index >= 15 is 0 Å². The lowest BCUT2D eigenvalue weighted by molar-refractivity contribution is -0.341. The standard InChI is InChI=1S/C8H8F7S/c1-2-16-5-3-4-6(9,10)7(11,12)8(13,14)15/h3-4H,1-2,5H2. The molecule has 0 rings (SSSR count). The first kappa shape index (κ1) is 15.6. The van der Waals surface area contributed by atoms with Crippen LogP contribution in [0, 0.1) is 6.92 Å². The van der Waals surface area contributed by atoms with Crippen LogP contribution in [0.25, 0.3) is 0 Å². The van der Waals surface area contributed by atoms with Crippen LogP contribution in [0.3, 0.4) is 0 Å². The number of hydrogen-bond acceptors (Lipinski definition) is 1. The zero-order valence-corrected chi connectivity index (χ0v) is 8.65. The fourth-order valence-corrected chi connectivity index (χ4v) is 1.04. The molecule has 0 aliphatic heterocycles. The molecular formula is C8H8F7S. The highest BCUT2D eigenvalue weighted by Crippen LogP contribution is 2.47. The molecule has 0 amide bonds. The molecule has 0 bridgehead atoms. The lowest BCUT2D eigenvalue weighted by Crippen LogP contribution is -2.50. The molecule has 0 saturated heterocycles. The van der Waals surface area contributed by atoms with Crippen LogP contribution in [0.2, 0.25) is 0 Å². The summed E-state index contributed by atoms with van der Waals surface area (Å²) in [5.74, 6) is -11.1. The molecule has 0 aromatic carbocycles. The van der Waals surface area contributed by atoms with E-state index in [4.69, 9.17) is 0 Å². The Morgan fingerprint density at radius 2 is 1.50 bits per heavy atom. The van der Waals surface area contributed by atoms with Crippen molar-refractivity contribution in [2.24, 2.45) is 0 Å². The fraction of sp³-hybridized carbons (Fsp3) is 0.625. The highest BCUT2D eigenvalue weighted by atomic mass is 32.2. The zero-order chi connectivity index (χ0) is 13.0. The van der Waals surface area contributed by atoms with Crippen LogP contribution in [0.1, 0.15) is 0 Å². The maximum absolute atomic E-state index is 12.5. The summed E-state index contributed by atoms with van der Waals surface area (Å²) in [5, 5.41) is 0. The van der Waals surface area contributed by atoms with Gasteiger partial charge in [-0.1, -0.05) is 6.08 Å². The number of allylic oxidation sites excluding steroid dienone is 1. The molecule has 0 unspecified atom stereocenters. The summed E-state index contributed by atoms with van der Waals surface area (Å²) in [6, 6.07) is 0. The summed E-state index contributed by atoms with van der Waals surface area (Å²) < 4.78 is 84.5. The molecule has 0 aliphatic rings. The van der Waals surface area contributed by atoms with Gasteiger partial charge in [0.15, 0.2) is 0 Å². The highest BCUT2D eigenvalue weighted by Gasteiger charge is 2.71. The topological polar surface area (TPSA) is 0 Å². The second-order valence-electron chi connectivity index (χ2n) is 2.67. The van der Waals surface area contributed by atoms with Crippen LogP contribution < -0.4 is 0 Å². The molecule has 0 heterocycles. The van der Waals surface area contributed by atoms with Crippen LogP contribution in [-0.2, 0) is 0 Å². The summed E-state index contributed by atoms with van der Waals surface area (Å²) in [6.07, 6.45) is -6.14. The molecule has 0 N–H and O–H groups in total. The van der Waals surface area contributed by atoms with E-state index in [9.17, 15) is 30.7 Å². The third kappa shape index (κ3) is 3.57. The van der Waals surface area contributed by atoms with Crippen molar-refractivity contribution in [1.82, 2.24) is 0 Å². The number of rotatable bonds is 5. The summed E-state index contributed by atoms with van der Waals surface area (Å²) in [6.45, 7) is 3.32. The molecule has 95 valence electrons. The molecule has 0 fully saturated rings. The van der Waals surface area contributed by atoms with Gasteiger partial charge in [0.25, 0.3) is 0 Å². The Hall–Kier alpha value is -0.400. The smallest absolute Gasteiger partial charge is 0.195 e. The fourth-order valence-electron chi connectivity index (χ4n) is 0.641. The van der Waals surface area contributed by atoms with Crippen molar-refractivity contribution in [2.75, 3.05) is 11.5 Å². The van der Waals surface area contributed by atoms with Gasteiger partial charge in [-0.25, -0.2) is 0 Å². The molecule has 0 saturated carbocycles. The van der Waals surface area contributed by atoms with Gasteiger partial charge in [0.05, 0.1) is 0 Å². The Morgan fingerprint density at radius 1 is 1.00 bits per heavy atom. The highest BCUT2D eigenvalue weighted by molar-refractivity contribution is 7.99. The lowest BCUT2D eigenvalue weighted by atomic mass is 10.1. The van der Waals surface area contributed by atoms with Gasteiger partial charge < -0.3 is 0 Å². The van der Waals surface area contributed by atoms with Gasteiger partial charge in [-0.05, 0) is 18.8 Å². The van der Waals surface area contributed by atoms with Gasteiger partial charge in [-0.15, -0.1) is 0 Å². The summed E-state index contributed by atoms with van der Waals surface area (Å²) in [7, 11) is 0. The maximum atomic E-state index is 12.5. The molecular weight excluding hydrogens is 261 g/mol. The SMILES string of the molecule is [CH2]CSCC=CC(F)(F)C(F)(F)C(F)(F)F. The van der Waals surface area contributed by atoms with Crippen molar-refractivity contribution < 1.29 is 30.7 Å². The van der Waals surface area contributed by atoms with Crippen molar-refractivity contribution in [2.45, 2.75) is 18.0 Å². The van der Waals surface area contributed by atoms with E-state index in [0.29, 0.717) is 11.8 Å². The molecule has 0 atom stereocenters. The van der Waals surface area contributed by atoms with Crippen LogP contribution in [0.15, 0.2) is 12.2 Å². The molecule has 8 heteroatoms. The Kier molecular flexibility index (Phi) is 5.15. The minimum atomic E-state index is -6.28. The third-order valence-electron chi connectivity index (χ3n) is 1.46. The second kappa shape index (κ2) is 5.29. The quantitative estimate of drug-likeness (QED) is 0.414. The Morgan fingerprint density at radius 3 is 1.88 bits per heavy atom. The molecule has 0 nitrogen and oxygen atoms in total.